The first-order valence-electron chi connectivity index (χ1n) is 5.59. The van der Waals surface area contributed by atoms with Gasteiger partial charge < -0.3 is 5.11 Å². The molecule has 20 heavy (non-hydrogen) atoms. The average molecular weight is 290 g/mol. The van der Waals surface area contributed by atoms with Crippen LogP contribution in [0, 0.1) is 17.0 Å². The van der Waals surface area contributed by atoms with Gasteiger partial charge in [0.05, 0.1) is 15.4 Å². The normalized spacial score (nSPS) is 10.2. The van der Waals surface area contributed by atoms with Crippen molar-refractivity contribution in [1.82, 2.24) is 4.98 Å². The van der Waals surface area contributed by atoms with Crippen molar-refractivity contribution >= 4 is 23.4 Å². The second-order valence-corrected chi connectivity index (χ2v) is 5.08. The maximum Gasteiger partial charge on any atom is 0.337 e. The van der Waals surface area contributed by atoms with Crippen LogP contribution in [0.25, 0.3) is 0 Å². The number of benzene rings is 1. The average Bonchev–Trinajstić information content (AvgIpc) is 2.41. The molecule has 1 aromatic heterocycles. The second kappa shape index (κ2) is 5.70. The van der Waals surface area contributed by atoms with Gasteiger partial charge in [0.25, 0.3) is 5.69 Å². The van der Waals surface area contributed by atoms with Crippen molar-refractivity contribution in [1.29, 1.82) is 0 Å². The fourth-order valence-corrected chi connectivity index (χ4v) is 2.38. The van der Waals surface area contributed by atoms with E-state index in [1.54, 1.807) is 19.1 Å². The van der Waals surface area contributed by atoms with Crippen LogP contribution in [-0.4, -0.2) is 21.0 Å². The molecule has 0 aliphatic carbocycles. The number of aryl methyl sites for hydroxylation is 1. The zero-order valence-electron chi connectivity index (χ0n) is 10.4. The van der Waals surface area contributed by atoms with Crippen LogP contribution in [0.3, 0.4) is 0 Å². The number of hydrogen-bond acceptors (Lipinski definition) is 5. The smallest absolute Gasteiger partial charge is 0.337 e. The van der Waals surface area contributed by atoms with Gasteiger partial charge in [0.1, 0.15) is 5.03 Å². The van der Waals surface area contributed by atoms with Gasteiger partial charge >= 0.3 is 5.97 Å². The van der Waals surface area contributed by atoms with Crippen LogP contribution in [0.15, 0.2) is 46.5 Å². The lowest BCUT2D eigenvalue weighted by atomic mass is 10.2. The number of carbonyl (C=O) groups is 1. The van der Waals surface area contributed by atoms with Gasteiger partial charge in [-0.15, -0.1) is 0 Å². The molecule has 0 unspecified atom stereocenters. The number of hydrogen-bond donors (Lipinski definition) is 1. The third kappa shape index (κ3) is 3.12. The Kier molecular flexibility index (Phi) is 3.99. The highest BCUT2D eigenvalue weighted by molar-refractivity contribution is 7.99. The Bertz CT molecular complexity index is 671. The maximum absolute atomic E-state index is 11.0. The summed E-state index contributed by atoms with van der Waals surface area (Å²) >= 11 is 1.13. The van der Waals surface area contributed by atoms with E-state index in [9.17, 15) is 14.9 Å². The van der Waals surface area contributed by atoms with Gasteiger partial charge in [0, 0.05) is 12.3 Å². The summed E-state index contributed by atoms with van der Waals surface area (Å²) in [5.74, 6) is -1.06. The molecule has 0 bridgehead atoms. The van der Waals surface area contributed by atoms with Crippen LogP contribution in [-0.2, 0) is 0 Å². The summed E-state index contributed by atoms with van der Waals surface area (Å²) in [6.45, 7) is 1.78. The number of aromatic carboxylic acids is 1. The lowest BCUT2D eigenvalue weighted by molar-refractivity contribution is -0.387. The van der Waals surface area contributed by atoms with Crippen molar-refractivity contribution in [3.05, 3.63) is 57.8 Å². The topological polar surface area (TPSA) is 93.3 Å². The molecule has 0 radical (unpaired) electrons. The van der Waals surface area contributed by atoms with Gasteiger partial charge in [0.2, 0.25) is 0 Å². The van der Waals surface area contributed by atoms with E-state index in [1.165, 1.54) is 24.4 Å². The Morgan fingerprint density at radius 1 is 1.35 bits per heavy atom. The SMILES string of the molecule is Cc1ccc(Sc2ccc(C(=O)O)cn2)c([N+](=O)[O-])c1. The number of pyridine rings is 1. The molecule has 0 aliphatic heterocycles. The highest BCUT2D eigenvalue weighted by Crippen LogP contribution is 2.34. The van der Waals surface area contributed by atoms with Crippen LogP contribution in [0.1, 0.15) is 15.9 Å². The van der Waals surface area contributed by atoms with E-state index in [2.05, 4.69) is 4.98 Å². The van der Waals surface area contributed by atoms with Crippen LogP contribution in [0.2, 0.25) is 0 Å². The molecule has 7 heteroatoms. The lowest BCUT2D eigenvalue weighted by Crippen LogP contribution is -1.97. The maximum atomic E-state index is 11.0. The van der Waals surface area contributed by atoms with Crippen LogP contribution >= 0.6 is 11.8 Å². The third-order valence-corrected chi connectivity index (χ3v) is 3.52. The number of aromatic nitrogens is 1. The monoisotopic (exact) mass is 290 g/mol. The summed E-state index contributed by atoms with van der Waals surface area (Å²) in [5.41, 5.74) is 0.891. The molecule has 6 nitrogen and oxygen atoms in total. The predicted octanol–water partition coefficient (Wildman–Crippen LogP) is 3.15. The van der Waals surface area contributed by atoms with E-state index in [-0.39, 0.29) is 11.3 Å². The molecule has 102 valence electrons. The Labute approximate surface area is 118 Å². The number of nitrogens with zero attached hydrogens (tertiary/aromatic N) is 2. The van der Waals surface area contributed by atoms with Crippen LogP contribution in [0.4, 0.5) is 5.69 Å². The minimum Gasteiger partial charge on any atom is -0.478 e. The summed E-state index contributed by atoms with van der Waals surface area (Å²) in [6, 6.07) is 7.87. The summed E-state index contributed by atoms with van der Waals surface area (Å²) < 4.78 is 0. The molecule has 0 amide bonds. The van der Waals surface area contributed by atoms with Gasteiger partial charge in [-0.1, -0.05) is 17.8 Å². The molecular formula is C13H10N2O4S. The van der Waals surface area contributed by atoms with Gasteiger partial charge in [-0.3, -0.25) is 10.1 Å². The van der Waals surface area contributed by atoms with E-state index in [0.717, 1.165) is 17.3 Å². The molecule has 0 atom stereocenters. The molecule has 0 saturated heterocycles. The Balaban J connectivity index is 2.30. The van der Waals surface area contributed by atoms with Gasteiger partial charge in [-0.2, -0.15) is 0 Å². The fraction of sp³-hybridized carbons (Fsp3) is 0.0769. The predicted molar refractivity (Wildman–Crippen MR) is 73.2 cm³/mol. The molecule has 2 aromatic rings. The fourth-order valence-electron chi connectivity index (χ4n) is 1.54. The first kappa shape index (κ1) is 14.0. The number of nitro groups is 1. The van der Waals surface area contributed by atoms with E-state index >= 15 is 0 Å². The van der Waals surface area contributed by atoms with Crippen molar-refractivity contribution in [2.75, 3.05) is 0 Å². The minimum atomic E-state index is -1.06. The number of nitro benzene ring substituents is 1. The van der Waals surface area contributed by atoms with Crippen molar-refractivity contribution < 1.29 is 14.8 Å². The quantitative estimate of drug-likeness (QED) is 0.686. The summed E-state index contributed by atoms with van der Waals surface area (Å²) in [7, 11) is 0. The number of rotatable bonds is 4. The first-order valence-corrected chi connectivity index (χ1v) is 6.41. The molecule has 0 aliphatic rings. The standard InChI is InChI=1S/C13H10N2O4S/c1-8-2-4-11(10(6-8)15(18)19)20-12-5-3-9(7-14-12)13(16)17/h2-7H,1H3,(H,16,17). The first-order chi connectivity index (χ1) is 9.47. The zero-order chi connectivity index (χ0) is 14.7. The van der Waals surface area contributed by atoms with E-state index in [4.69, 9.17) is 5.11 Å². The van der Waals surface area contributed by atoms with E-state index in [1.807, 2.05) is 0 Å². The van der Waals surface area contributed by atoms with E-state index in [0.29, 0.717) is 9.92 Å². The Morgan fingerprint density at radius 2 is 2.10 bits per heavy atom. The van der Waals surface area contributed by atoms with Crippen LogP contribution < -0.4 is 0 Å². The zero-order valence-corrected chi connectivity index (χ0v) is 11.3. The molecular weight excluding hydrogens is 280 g/mol. The van der Waals surface area contributed by atoms with E-state index < -0.39 is 10.9 Å². The molecule has 2 rings (SSSR count). The van der Waals surface area contributed by atoms with Crippen LogP contribution in [0.5, 0.6) is 0 Å². The molecule has 0 spiro atoms. The van der Waals surface area contributed by atoms with Gasteiger partial charge in [0.15, 0.2) is 0 Å². The highest BCUT2D eigenvalue weighted by Gasteiger charge is 2.15. The second-order valence-electron chi connectivity index (χ2n) is 4.02. The summed E-state index contributed by atoms with van der Waals surface area (Å²) in [4.78, 5) is 25.7. The third-order valence-electron chi connectivity index (χ3n) is 2.51. The van der Waals surface area contributed by atoms with Gasteiger partial charge in [-0.05, 0) is 30.7 Å². The minimum absolute atomic E-state index is 0.0131. The Morgan fingerprint density at radius 3 is 2.65 bits per heavy atom. The molecule has 0 saturated carbocycles. The Hall–Kier alpha value is -2.41. The van der Waals surface area contributed by atoms with Crippen molar-refractivity contribution in [2.24, 2.45) is 0 Å². The number of carboxylic acids is 1. The lowest BCUT2D eigenvalue weighted by Gasteiger charge is -2.03. The van der Waals surface area contributed by atoms with Gasteiger partial charge in [-0.25, -0.2) is 9.78 Å². The van der Waals surface area contributed by atoms with Crippen molar-refractivity contribution in [3.8, 4) is 0 Å². The van der Waals surface area contributed by atoms with Crippen molar-refractivity contribution in [2.45, 2.75) is 16.8 Å². The molecule has 0 fully saturated rings. The molecule has 1 N–H and O–H groups in total. The largest absolute Gasteiger partial charge is 0.478 e. The van der Waals surface area contributed by atoms with Crippen molar-refractivity contribution in [3.63, 3.8) is 0 Å². The summed E-state index contributed by atoms with van der Waals surface area (Å²) in [6.07, 6.45) is 1.23. The number of carboxylic acid groups (broad SMARTS) is 1. The summed E-state index contributed by atoms with van der Waals surface area (Å²) in [5, 5.41) is 20.3. The molecule has 1 heterocycles. The highest BCUT2D eigenvalue weighted by atomic mass is 32.2. The molecule has 1 aromatic carbocycles.